The van der Waals surface area contributed by atoms with Crippen LogP contribution in [-0.2, 0) is 9.59 Å². The number of para-hydroxylation sites is 1. The number of urea groups is 1. The molecular weight excluding hydrogens is 380 g/mol. The lowest BCUT2D eigenvalue weighted by molar-refractivity contribution is -0.122. The third kappa shape index (κ3) is 3.82. The fourth-order valence-corrected chi connectivity index (χ4v) is 2.97. The quantitative estimate of drug-likeness (QED) is 0.472. The van der Waals surface area contributed by atoms with Gasteiger partial charge in [-0.2, -0.15) is 0 Å². The molecule has 0 bridgehead atoms. The van der Waals surface area contributed by atoms with Gasteiger partial charge in [0.15, 0.2) is 0 Å². The first-order valence-electron chi connectivity index (χ1n) is 8.42. The molecule has 28 heavy (non-hydrogen) atoms. The van der Waals surface area contributed by atoms with Crippen LogP contribution in [-0.4, -0.2) is 24.5 Å². The fraction of sp³-hybridized carbons (Fsp3) is 0.0952. The molecule has 1 aliphatic heterocycles. The van der Waals surface area contributed by atoms with Crippen molar-refractivity contribution in [2.75, 3.05) is 11.5 Å². The minimum atomic E-state index is -0.785. The minimum Gasteiger partial charge on any atom is -0.488 e. The molecule has 4 amide bonds. The third-order valence-electron chi connectivity index (χ3n) is 4.08. The highest BCUT2D eigenvalue weighted by molar-refractivity contribution is 6.39. The second kappa shape index (κ2) is 8.10. The second-order valence-electron chi connectivity index (χ2n) is 6.03. The fourth-order valence-electron chi connectivity index (χ4n) is 2.73. The number of halogens is 1. The van der Waals surface area contributed by atoms with E-state index < -0.39 is 17.8 Å². The molecule has 6 nitrogen and oxygen atoms in total. The van der Waals surface area contributed by atoms with Gasteiger partial charge in [0.25, 0.3) is 11.8 Å². The van der Waals surface area contributed by atoms with E-state index >= 15 is 0 Å². The zero-order valence-corrected chi connectivity index (χ0v) is 15.8. The molecule has 0 atom stereocenters. The average molecular weight is 397 g/mol. The van der Waals surface area contributed by atoms with Crippen molar-refractivity contribution in [2.24, 2.45) is 0 Å². The maximum absolute atomic E-state index is 12.9. The Hall–Kier alpha value is -3.38. The van der Waals surface area contributed by atoms with Crippen LogP contribution in [0.4, 0.5) is 10.5 Å². The predicted octanol–water partition coefficient (Wildman–Crippen LogP) is 3.88. The van der Waals surface area contributed by atoms with Crippen molar-refractivity contribution in [3.63, 3.8) is 0 Å². The van der Waals surface area contributed by atoms with Gasteiger partial charge in [0.2, 0.25) is 0 Å². The Labute approximate surface area is 167 Å². The lowest BCUT2D eigenvalue weighted by Crippen LogP contribution is -2.54. The van der Waals surface area contributed by atoms with E-state index in [0.29, 0.717) is 28.6 Å². The Bertz CT molecular complexity index is 1010. The molecule has 2 aromatic rings. The number of aryl methyl sites for hydroxylation is 1. The Kier molecular flexibility index (Phi) is 5.61. The predicted molar refractivity (Wildman–Crippen MR) is 107 cm³/mol. The van der Waals surface area contributed by atoms with Crippen molar-refractivity contribution in [2.45, 2.75) is 6.92 Å². The summed E-state index contributed by atoms with van der Waals surface area (Å²) in [6.07, 6.45) is 2.98. The van der Waals surface area contributed by atoms with E-state index in [2.05, 4.69) is 11.9 Å². The van der Waals surface area contributed by atoms with E-state index in [1.807, 2.05) is 0 Å². The number of nitrogens with zero attached hydrogens (tertiary/aromatic N) is 1. The number of carbonyl (C=O) groups is 3. The first-order valence-corrected chi connectivity index (χ1v) is 8.80. The van der Waals surface area contributed by atoms with Crippen molar-refractivity contribution in [1.82, 2.24) is 5.32 Å². The van der Waals surface area contributed by atoms with Gasteiger partial charge in [0.1, 0.15) is 17.9 Å². The Morgan fingerprint density at radius 3 is 2.61 bits per heavy atom. The van der Waals surface area contributed by atoms with Gasteiger partial charge in [0.05, 0.1) is 10.7 Å². The number of ether oxygens (including phenoxy) is 1. The smallest absolute Gasteiger partial charge is 0.335 e. The van der Waals surface area contributed by atoms with Crippen LogP contribution in [0.25, 0.3) is 6.08 Å². The molecular formula is C21H17ClN2O4. The molecule has 0 unspecified atom stereocenters. The molecule has 0 aliphatic carbocycles. The van der Waals surface area contributed by atoms with E-state index in [0.717, 1.165) is 10.5 Å². The molecule has 0 radical (unpaired) electrons. The highest BCUT2D eigenvalue weighted by Gasteiger charge is 2.37. The van der Waals surface area contributed by atoms with Crippen LogP contribution in [0.2, 0.25) is 5.02 Å². The van der Waals surface area contributed by atoms with Gasteiger partial charge in [-0.25, -0.2) is 9.69 Å². The van der Waals surface area contributed by atoms with E-state index in [4.69, 9.17) is 16.3 Å². The highest BCUT2D eigenvalue weighted by Crippen LogP contribution is 2.28. The number of amides is 4. The summed E-state index contributed by atoms with van der Waals surface area (Å²) in [6, 6.07) is 11.0. The lowest BCUT2D eigenvalue weighted by atomic mass is 10.1. The van der Waals surface area contributed by atoms with Crippen molar-refractivity contribution in [1.29, 1.82) is 0 Å². The van der Waals surface area contributed by atoms with Crippen LogP contribution in [0, 0.1) is 6.92 Å². The van der Waals surface area contributed by atoms with Gasteiger partial charge in [-0.15, -0.1) is 0 Å². The molecule has 1 heterocycles. The lowest BCUT2D eigenvalue weighted by Gasteiger charge is -2.27. The van der Waals surface area contributed by atoms with Crippen molar-refractivity contribution >= 4 is 41.2 Å². The number of anilines is 1. The Morgan fingerprint density at radius 1 is 1.18 bits per heavy atom. The standard InChI is InChI=1S/C21H17ClN2O4/c1-3-10-28-18-9-8-14(12-16(18)22)11-15-19(25)23-21(27)24(20(15)26)17-7-5-4-6-13(17)2/h3-9,11-12H,1,10H2,2H3,(H,23,25,27)/b15-11+. The zero-order valence-electron chi connectivity index (χ0n) is 15.1. The van der Waals surface area contributed by atoms with E-state index in [1.165, 1.54) is 6.08 Å². The molecule has 1 fully saturated rings. The Morgan fingerprint density at radius 2 is 1.93 bits per heavy atom. The topological polar surface area (TPSA) is 75.7 Å². The van der Waals surface area contributed by atoms with Gasteiger partial charge < -0.3 is 4.74 Å². The SMILES string of the molecule is C=CCOc1ccc(/C=C2\C(=O)NC(=O)N(c3ccccc3C)C2=O)cc1Cl. The summed E-state index contributed by atoms with van der Waals surface area (Å²) in [5, 5.41) is 2.53. The van der Waals surface area contributed by atoms with Crippen LogP contribution in [0.1, 0.15) is 11.1 Å². The van der Waals surface area contributed by atoms with Gasteiger partial charge in [0, 0.05) is 0 Å². The summed E-state index contributed by atoms with van der Waals surface area (Å²) in [5.41, 5.74) is 1.49. The number of rotatable bonds is 5. The van der Waals surface area contributed by atoms with Crippen LogP contribution in [0.5, 0.6) is 5.75 Å². The van der Waals surface area contributed by atoms with Crippen molar-refractivity contribution < 1.29 is 19.1 Å². The molecule has 1 aliphatic rings. The van der Waals surface area contributed by atoms with Crippen molar-refractivity contribution in [3.05, 3.63) is 76.8 Å². The molecule has 142 valence electrons. The molecule has 1 saturated heterocycles. The summed E-state index contributed by atoms with van der Waals surface area (Å²) in [4.78, 5) is 38.4. The number of nitrogens with one attached hydrogen (secondary N) is 1. The number of imide groups is 2. The van der Waals surface area contributed by atoms with Crippen LogP contribution < -0.4 is 15.0 Å². The highest BCUT2D eigenvalue weighted by atomic mass is 35.5. The van der Waals surface area contributed by atoms with E-state index in [1.54, 1.807) is 55.5 Å². The minimum absolute atomic E-state index is 0.168. The summed E-state index contributed by atoms with van der Waals surface area (Å²) < 4.78 is 5.41. The van der Waals surface area contributed by atoms with Gasteiger partial charge in [-0.05, 0) is 42.3 Å². The molecule has 0 spiro atoms. The number of benzene rings is 2. The molecule has 7 heteroatoms. The first kappa shape index (κ1) is 19.4. The molecule has 0 saturated carbocycles. The molecule has 1 N–H and O–H groups in total. The maximum atomic E-state index is 12.9. The van der Waals surface area contributed by atoms with E-state index in [-0.39, 0.29) is 5.57 Å². The molecule has 3 rings (SSSR count). The number of carbonyl (C=O) groups excluding carboxylic acids is 3. The zero-order chi connectivity index (χ0) is 20.3. The summed E-state index contributed by atoms with van der Waals surface area (Å²) in [5.74, 6) is -1.01. The normalized spacial score (nSPS) is 15.6. The van der Waals surface area contributed by atoms with Gasteiger partial charge in [-0.3, -0.25) is 14.9 Å². The molecule has 0 aromatic heterocycles. The summed E-state index contributed by atoms with van der Waals surface area (Å²) in [7, 11) is 0. The second-order valence-corrected chi connectivity index (χ2v) is 6.44. The number of hydrogen-bond donors (Lipinski definition) is 1. The average Bonchev–Trinajstić information content (AvgIpc) is 2.66. The van der Waals surface area contributed by atoms with Gasteiger partial charge in [-0.1, -0.05) is 48.5 Å². The number of hydrogen-bond acceptors (Lipinski definition) is 4. The molecule has 2 aromatic carbocycles. The van der Waals surface area contributed by atoms with Crippen LogP contribution in [0.15, 0.2) is 60.7 Å². The third-order valence-corrected chi connectivity index (χ3v) is 4.38. The van der Waals surface area contributed by atoms with Crippen molar-refractivity contribution in [3.8, 4) is 5.75 Å². The van der Waals surface area contributed by atoms with Crippen LogP contribution >= 0.6 is 11.6 Å². The maximum Gasteiger partial charge on any atom is 0.335 e. The monoisotopic (exact) mass is 396 g/mol. The number of barbiturate groups is 1. The summed E-state index contributed by atoms with van der Waals surface area (Å²) >= 11 is 6.19. The van der Waals surface area contributed by atoms with Gasteiger partial charge >= 0.3 is 6.03 Å². The summed E-state index contributed by atoms with van der Waals surface area (Å²) in [6.45, 7) is 5.65. The largest absolute Gasteiger partial charge is 0.488 e. The Balaban J connectivity index is 1.96. The first-order chi connectivity index (χ1) is 13.4. The van der Waals surface area contributed by atoms with E-state index in [9.17, 15) is 14.4 Å². The van der Waals surface area contributed by atoms with Crippen LogP contribution in [0.3, 0.4) is 0 Å².